The normalized spacial score (nSPS) is 18.3. The average molecular weight is 429 g/mol. The molecule has 2 atom stereocenters. The smallest absolute Gasteiger partial charge is 0.339 e. The molecule has 0 N–H and O–H groups in total. The summed E-state index contributed by atoms with van der Waals surface area (Å²) in [6, 6.07) is 28.9. The second-order valence-electron chi connectivity index (χ2n) is 8.31. The lowest BCUT2D eigenvalue weighted by atomic mass is 9.83. The van der Waals surface area contributed by atoms with Gasteiger partial charge in [-0.1, -0.05) is 98.8 Å². The topological polar surface area (TPSA) is 26.3 Å². The summed E-state index contributed by atoms with van der Waals surface area (Å²) in [7, 11) is -0.865. The molecule has 4 rings (SSSR count). The van der Waals surface area contributed by atoms with E-state index in [-0.39, 0.29) is 12.1 Å². The first-order chi connectivity index (χ1) is 15.1. The van der Waals surface area contributed by atoms with Crippen molar-refractivity contribution in [1.29, 1.82) is 0 Å². The van der Waals surface area contributed by atoms with Gasteiger partial charge in [-0.2, -0.15) is 0 Å². The zero-order valence-corrected chi connectivity index (χ0v) is 19.0. The predicted octanol–water partition coefficient (Wildman–Crippen LogP) is 5.59. The fraction of sp³-hybridized carbons (Fsp3) is 0.250. The Morgan fingerprint density at radius 2 is 1.45 bits per heavy atom. The molecule has 0 spiro atoms. The van der Waals surface area contributed by atoms with E-state index >= 15 is 0 Å². The number of carbonyl (C=O) groups excluding carboxylic acids is 1. The first kappa shape index (κ1) is 21.5. The third-order valence-electron chi connectivity index (χ3n) is 5.91. The van der Waals surface area contributed by atoms with Crippen LogP contribution in [0.15, 0.2) is 97.1 Å². The van der Waals surface area contributed by atoms with E-state index in [1.807, 2.05) is 30.3 Å². The molecule has 0 unspecified atom stereocenters. The maximum atomic E-state index is 13.4. The van der Waals surface area contributed by atoms with Crippen molar-refractivity contribution in [3.8, 4) is 0 Å². The highest BCUT2D eigenvalue weighted by molar-refractivity contribution is 7.80. The molecule has 0 bridgehead atoms. The fourth-order valence-electron chi connectivity index (χ4n) is 4.28. The molecule has 0 saturated carbocycles. The van der Waals surface area contributed by atoms with Crippen molar-refractivity contribution in [2.24, 2.45) is 11.8 Å². The molecule has 0 amide bonds. The molecule has 0 heterocycles. The molecule has 0 aliphatic heterocycles. The van der Waals surface area contributed by atoms with Gasteiger partial charge in [-0.05, 0) is 54.7 Å². The third kappa shape index (κ3) is 4.97. The largest absolute Gasteiger partial charge is 0.454 e. The number of benzene rings is 3. The SMILES string of the molecule is CC(C)[C@@H]1CCC=C[C@@H]1OC(=O)c1ccccc1P(c1ccccc1)c1ccccc1. The average Bonchev–Trinajstić information content (AvgIpc) is 2.81. The maximum absolute atomic E-state index is 13.4. The Balaban J connectivity index is 1.72. The Morgan fingerprint density at radius 1 is 0.871 bits per heavy atom. The van der Waals surface area contributed by atoms with Crippen LogP contribution in [0.1, 0.15) is 37.0 Å². The number of hydrogen-bond donors (Lipinski definition) is 0. The van der Waals surface area contributed by atoms with E-state index in [1.165, 1.54) is 10.6 Å². The molecular formula is C28H29O2P. The summed E-state index contributed by atoms with van der Waals surface area (Å²) in [5.74, 6) is 0.617. The zero-order chi connectivity index (χ0) is 21.6. The summed E-state index contributed by atoms with van der Waals surface area (Å²) in [4.78, 5) is 13.4. The van der Waals surface area contributed by atoms with Crippen LogP contribution in [0.25, 0.3) is 0 Å². The molecule has 1 aliphatic rings. The molecule has 0 aromatic heterocycles. The summed E-state index contributed by atoms with van der Waals surface area (Å²) in [6.45, 7) is 4.42. The monoisotopic (exact) mass is 428 g/mol. The van der Waals surface area contributed by atoms with Crippen LogP contribution in [0, 0.1) is 11.8 Å². The highest BCUT2D eigenvalue weighted by atomic mass is 31.1. The van der Waals surface area contributed by atoms with Crippen molar-refractivity contribution in [2.75, 3.05) is 0 Å². The Bertz CT molecular complexity index is 988. The van der Waals surface area contributed by atoms with Crippen LogP contribution in [0.2, 0.25) is 0 Å². The van der Waals surface area contributed by atoms with Gasteiger partial charge < -0.3 is 4.74 Å². The van der Waals surface area contributed by atoms with Crippen molar-refractivity contribution < 1.29 is 9.53 Å². The summed E-state index contributed by atoms with van der Waals surface area (Å²) in [6.07, 6.45) is 6.18. The van der Waals surface area contributed by atoms with Crippen LogP contribution in [-0.4, -0.2) is 12.1 Å². The van der Waals surface area contributed by atoms with Gasteiger partial charge >= 0.3 is 5.97 Å². The van der Waals surface area contributed by atoms with E-state index in [4.69, 9.17) is 4.74 Å². The van der Waals surface area contributed by atoms with Gasteiger partial charge in [0.1, 0.15) is 6.10 Å². The number of ether oxygens (including phenoxy) is 1. The molecule has 0 saturated heterocycles. The number of carbonyl (C=O) groups is 1. The second-order valence-corrected chi connectivity index (χ2v) is 10.5. The van der Waals surface area contributed by atoms with Gasteiger partial charge in [0.15, 0.2) is 0 Å². The van der Waals surface area contributed by atoms with Crippen molar-refractivity contribution in [3.63, 3.8) is 0 Å². The molecule has 31 heavy (non-hydrogen) atoms. The molecular weight excluding hydrogens is 399 g/mol. The van der Waals surface area contributed by atoms with E-state index < -0.39 is 7.92 Å². The number of hydrogen-bond acceptors (Lipinski definition) is 2. The third-order valence-corrected chi connectivity index (χ3v) is 8.41. The quantitative estimate of drug-likeness (QED) is 0.291. The fourth-order valence-corrected chi connectivity index (χ4v) is 6.71. The highest BCUT2D eigenvalue weighted by Gasteiger charge is 2.30. The molecule has 0 radical (unpaired) electrons. The van der Waals surface area contributed by atoms with Gasteiger partial charge in [0.05, 0.1) is 5.56 Å². The second kappa shape index (κ2) is 10.1. The Kier molecular flexibility index (Phi) is 6.99. The summed E-state index contributed by atoms with van der Waals surface area (Å²) >= 11 is 0. The van der Waals surface area contributed by atoms with E-state index in [0.29, 0.717) is 17.4 Å². The van der Waals surface area contributed by atoms with Crippen LogP contribution < -0.4 is 15.9 Å². The highest BCUT2D eigenvalue weighted by Crippen LogP contribution is 2.35. The Labute approximate surface area is 186 Å². The van der Waals surface area contributed by atoms with E-state index in [0.717, 1.165) is 18.1 Å². The van der Waals surface area contributed by atoms with Crippen LogP contribution in [-0.2, 0) is 4.74 Å². The number of rotatable bonds is 6. The van der Waals surface area contributed by atoms with Gasteiger partial charge in [0.2, 0.25) is 0 Å². The van der Waals surface area contributed by atoms with Gasteiger partial charge in [0.25, 0.3) is 0 Å². The molecule has 1 aliphatic carbocycles. The van der Waals surface area contributed by atoms with Crippen molar-refractivity contribution in [2.45, 2.75) is 32.8 Å². The standard InChI is InChI=1S/C28H29O2P/c1-21(2)24-17-9-11-19-26(24)30-28(29)25-18-10-12-20-27(25)31(22-13-5-3-6-14-22)23-15-7-4-8-16-23/h3-8,10-16,18-21,24,26H,9,17H2,1-2H3/t24-,26-/m0/s1. The lowest BCUT2D eigenvalue weighted by Gasteiger charge is -2.31. The number of allylic oxidation sites excluding steroid dienone is 1. The summed E-state index contributed by atoms with van der Waals surface area (Å²) < 4.78 is 6.10. The van der Waals surface area contributed by atoms with Gasteiger partial charge in [0, 0.05) is 5.92 Å². The van der Waals surface area contributed by atoms with Crippen LogP contribution >= 0.6 is 7.92 Å². The van der Waals surface area contributed by atoms with Gasteiger partial charge in [-0.3, -0.25) is 0 Å². The van der Waals surface area contributed by atoms with Crippen molar-refractivity contribution in [3.05, 3.63) is 103 Å². The summed E-state index contributed by atoms with van der Waals surface area (Å²) in [5.41, 5.74) is 0.669. The maximum Gasteiger partial charge on any atom is 0.339 e. The molecule has 2 nitrogen and oxygen atoms in total. The van der Waals surface area contributed by atoms with Gasteiger partial charge in [-0.15, -0.1) is 0 Å². The minimum Gasteiger partial charge on any atom is -0.454 e. The minimum absolute atomic E-state index is 0.158. The van der Waals surface area contributed by atoms with Crippen molar-refractivity contribution in [1.82, 2.24) is 0 Å². The first-order valence-electron chi connectivity index (χ1n) is 11.0. The molecule has 0 fully saturated rings. The van der Waals surface area contributed by atoms with Crippen LogP contribution in [0.5, 0.6) is 0 Å². The lowest BCUT2D eigenvalue weighted by Crippen LogP contribution is -2.33. The molecule has 3 heteroatoms. The van der Waals surface area contributed by atoms with E-state index in [2.05, 4.69) is 80.6 Å². The molecule has 3 aromatic carbocycles. The Hall–Kier alpha value is -2.70. The lowest BCUT2D eigenvalue weighted by molar-refractivity contribution is 0.0186. The predicted molar refractivity (Wildman–Crippen MR) is 131 cm³/mol. The van der Waals surface area contributed by atoms with Gasteiger partial charge in [-0.25, -0.2) is 4.79 Å². The van der Waals surface area contributed by atoms with E-state index in [9.17, 15) is 4.79 Å². The zero-order valence-electron chi connectivity index (χ0n) is 18.1. The first-order valence-corrected chi connectivity index (χ1v) is 12.4. The Morgan fingerprint density at radius 3 is 2.06 bits per heavy atom. The molecule has 158 valence electrons. The molecule has 3 aromatic rings. The van der Waals surface area contributed by atoms with Crippen LogP contribution in [0.4, 0.5) is 0 Å². The van der Waals surface area contributed by atoms with Crippen LogP contribution in [0.3, 0.4) is 0 Å². The number of esters is 1. The minimum atomic E-state index is -0.865. The summed E-state index contributed by atoms with van der Waals surface area (Å²) in [5, 5.41) is 3.49. The van der Waals surface area contributed by atoms with E-state index in [1.54, 1.807) is 0 Å². The van der Waals surface area contributed by atoms with Crippen molar-refractivity contribution >= 4 is 29.8 Å².